The van der Waals surface area contributed by atoms with E-state index in [9.17, 15) is 14.0 Å². The van der Waals surface area contributed by atoms with E-state index in [1.54, 1.807) is 30.7 Å². The van der Waals surface area contributed by atoms with Crippen LogP contribution in [0.5, 0.6) is 0 Å². The minimum Gasteiger partial charge on any atom is -0.452 e. The van der Waals surface area contributed by atoms with Crippen molar-refractivity contribution in [3.63, 3.8) is 0 Å². The van der Waals surface area contributed by atoms with Crippen molar-refractivity contribution in [1.29, 1.82) is 0 Å². The van der Waals surface area contributed by atoms with E-state index < -0.39 is 24.3 Å². The van der Waals surface area contributed by atoms with Gasteiger partial charge in [0, 0.05) is 9.50 Å². The standard InChI is InChI=1S/C21H18BrClFN3O3/c1-12-20(13(2)27(26-12)10-14-5-3-4-6-16(14)23)21(29)30-11-19(28)25-18-8-7-15(22)9-17(18)24/h3-9H,10-11H2,1-2H3,(H,25,28). The van der Waals surface area contributed by atoms with Gasteiger partial charge in [-0.15, -0.1) is 0 Å². The Hall–Kier alpha value is -2.71. The number of rotatable bonds is 6. The molecule has 156 valence electrons. The zero-order chi connectivity index (χ0) is 21.8. The molecule has 0 unspecified atom stereocenters. The first-order valence-corrected chi connectivity index (χ1v) is 10.1. The molecule has 0 saturated heterocycles. The fourth-order valence-electron chi connectivity index (χ4n) is 2.91. The number of esters is 1. The largest absolute Gasteiger partial charge is 0.452 e. The third-order valence-corrected chi connectivity index (χ3v) is 5.27. The fourth-order valence-corrected chi connectivity index (χ4v) is 3.44. The van der Waals surface area contributed by atoms with E-state index in [1.165, 1.54) is 12.1 Å². The molecule has 9 heteroatoms. The van der Waals surface area contributed by atoms with Crippen LogP contribution in [0, 0.1) is 19.7 Å². The number of hydrogen-bond donors (Lipinski definition) is 1. The van der Waals surface area contributed by atoms with Gasteiger partial charge in [0.25, 0.3) is 5.91 Å². The summed E-state index contributed by atoms with van der Waals surface area (Å²) in [6.07, 6.45) is 0. The highest BCUT2D eigenvalue weighted by Crippen LogP contribution is 2.21. The molecule has 0 atom stereocenters. The molecule has 1 heterocycles. The molecule has 2 aromatic carbocycles. The Balaban J connectivity index is 1.66. The van der Waals surface area contributed by atoms with E-state index in [1.807, 2.05) is 18.2 Å². The van der Waals surface area contributed by atoms with Crippen LogP contribution in [0.3, 0.4) is 0 Å². The molecule has 3 aromatic rings. The van der Waals surface area contributed by atoms with Crippen molar-refractivity contribution in [2.45, 2.75) is 20.4 Å². The SMILES string of the molecule is Cc1nn(Cc2ccccc2Cl)c(C)c1C(=O)OCC(=O)Nc1ccc(Br)cc1F. The number of nitrogens with zero attached hydrogens (tertiary/aromatic N) is 2. The van der Waals surface area contributed by atoms with E-state index in [4.69, 9.17) is 16.3 Å². The Kier molecular flexibility index (Phi) is 6.89. The number of aromatic nitrogens is 2. The number of carbonyl (C=O) groups excluding carboxylic acids is 2. The van der Waals surface area contributed by atoms with Crippen molar-refractivity contribution in [2.75, 3.05) is 11.9 Å². The number of hydrogen-bond acceptors (Lipinski definition) is 4. The van der Waals surface area contributed by atoms with E-state index in [2.05, 4.69) is 26.3 Å². The quantitative estimate of drug-likeness (QED) is 0.495. The van der Waals surface area contributed by atoms with Gasteiger partial charge in [0.05, 0.1) is 23.6 Å². The Labute approximate surface area is 186 Å². The third kappa shape index (κ3) is 5.06. The number of ether oxygens (including phenoxy) is 1. The maximum absolute atomic E-state index is 13.8. The van der Waals surface area contributed by atoms with Crippen LogP contribution in [0.1, 0.15) is 27.3 Å². The van der Waals surface area contributed by atoms with Gasteiger partial charge in [0.15, 0.2) is 6.61 Å². The van der Waals surface area contributed by atoms with Gasteiger partial charge in [-0.3, -0.25) is 9.48 Å². The van der Waals surface area contributed by atoms with Crippen LogP contribution in [0.2, 0.25) is 5.02 Å². The lowest BCUT2D eigenvalue weighted by Gasteiger charge is -2.09. The summed E-state index contributed by atoms with van der Waals surface area (Å²) in [5.74, 6) is -1.93. The van der Waals surface area contributed by atoms with E-state index >= 15 is 0 Å². The molecular weight excluding hydrogens is 477 g/mol. The number of nitrogens with one attached hydrogen (secondary N) is 1. The van der Waals surface area contributed by atoms with Gasteiger partial charge >= 0.3 is 5.97 Å². The number of benzene rings is 2. The monoisotopic (exact) mass is 493 g/mol. The maximum Gasteiger partial charge on any atom is 0.342 e. The molecule has 1 aromatic heterocycles. The molecule has 6 nitrogen and oxygen atoms in total. The van der Waals surface area contributed by atoms with Gasteiger partial charge in [0.1, 0.15) is 11.4 Å². The first-order valence-electron chi connectivity index (χ1n) is 8.95. The van der Waals surface area contributed by atoms with Crippen molar-refractivity contribution >= 4 is 45.1 Å². The Morgan fingerprint density at radius 1 is 1.23 bits per heavy atom. The Morgan fingerprint density at radius 2 is 1.97 bits per heavy atom. The number of amides is 1. The van der Waals surface area contributed by atoms with Crippen LogP contribution in [0.15, 0.2) is 46.9 Å². The normalized spacial score (nSPS) is 10.7. The van der Waals surface area contributed by atoms with Crippen LogP contribution in [0.4, 0.5) is 10.1 Å². The molecule has 0 aliphatic rings. The molecule has 0 saturated carbocycles. The van der Waals surface area contributed by atoms with Gasteiger partial charge in [-0.25, -0.2) is 9.18 Å². The van der Waals surface area contributed by atoms with Gasteiger partial charge in [-0.2, -0.15) is 5.10 Å². The summed E-state index contributed by atoms with van der Waals surface area (Å²) in [5, 5.41) is 7.36. The molecule has 0 spiro atoms. The zero-order valence-corrected chi connectivity index (χ0v) is 18.6. The van der Waals surface area contributed by atoms with E-state index in [-0.39, 0.29) is 11.3 Å². The smallest absolute Gasteiger partial charge is 0.342 e. The van der Waals surface area contributed by atoms with Crippen LogP contribution in [-0.2, 0) is 16.1 Å². The van der Waals surface area contributed by atoms with Gasteiger partial charge < -0.3 is 10.1 Å². The predicted octanol–water partition coefficient (Wildman–Crippen LogP) is 4.90. The molecule has 0 radical (unpaired) electrons. The molecular formula is C21H18BrClFN3O3. The van der Waals surface area contributed by atoms with Crippen molar-refractivity contribution in [2.24, 2.45) is 0 Å². The number of carbonyl (C=O) groups is 2. The van der Waals surface area contributed by atoms with Gasteiger partial charge in [0.2, 0.25) is 0 Å². The van der Waals surface area contributed by atoms with Crippen LogP contribution >= 0.6 is 27.5 Å². The van der Waals surface area contributed by atoms with Crippen molar-refractivity contribution in [3.05, 3.63) is 80.3 Å². The molecule has 0 aliphatic carbocycles. The highest BCUT2D eigenvalue weighted by molar-refractivity contribution is 9.10. The summed E-state index contributed by atoms with van der Waals surface area (Å²) in [6, 6.07) is 11.6. The molecule has 1 amide bonds. The summed E-state index contributed by atoms with van der Waals surface area (Å²) < 4.78 is 21.1. The van der Waals surface area contributed by atoms with Gasteiger partial charge in [-0.05, 0) is 43.7 Å². The Morgan fingerprint density at radius 3 is 2.67 bits per heavy atom. The fraction of sp³-hybridized carbons (Fsp3) is 0.190. The first-order chi connectivity index (χ1) is 14.3. The third-order valence-electron chi connectivity index (χ3n) is 4.40. The average molecular weight is 495 g/mol. The van der Waals surface area contributed by atoms with Crippen molar-refractivity contribution in [3.8, 4) is 0 Å². The van der Waals surface area contributed by atoms with Crippen LogP contribution in [-0.4, -0.2) is 28.3 Å². The minimum atomic E-state index is -0.679. The highest BCUT2D eigenvalue weighted by atomic mass is 79.9. The minimum absolute atomic E-state index is 0.000769. The summed E-state index contributed by atoms with van der Waals surface area (Å²) in [6.45, 7) is 3.26. The Bertz CT molecular complexity index is 1120. The van der Waals surface area contributed by atoms with E-state index in [0.29, 0.717) is 27.4 Å². The second-order valence-corrected chi connectivity index (χ2v) is 7.87. The number of aryl methyl sites for hydroxylation is 1. The summed E-state index contributed by atoms with van der Waals surface area (Å²) in [4.78, 5) is 24.6. The first kappa shape index (κ1) is 22.0. The lowest BCUT2D eigenvalue weighted by Crippen LogP contribution is -2.22. The van der Waals surface area contributed by atoms with Gasteiger partial charge in [-0.1, -0.05) is 45.7 Å². The lowest BCUT2D eigenvalue weighted by molar-refractivity contribution is -0.119. The molecule has 0 fully saturated rings. The summed E-state index contributed by atoms with van der Waals surface area (Å²) in [7, 11) is 0. The molecule has 0 aliphatic heterocycles. The van der Waals surface area contributed by atoms with Crippen molar-refractivity contribution < 1.29 is 18.7 Å². The maximum atomic E-state index is 13.8. The van der Waals surface area contributed by atoms with Crippen molar-refractivity contribution in [1.82, 2.24) is 9.78 Å². The number of anilines is 1. The second-order valence-electron chi connectivity index (χ2n) is 6.54. The molecule has 3 rings (SSSR count). The highest BCUT2D eigenvalue weighted by Gasteiger charge is 2.21. The van der Waals surface area contributed by atoms with E-state index in [0.717, 1.165) is 5.56 Å². The summed E-state index contributed by atoms with van der Waals surface area (Å²) >= 11 is 9.34. The topological polar surface area (TPSA) is 73.2 Å². The van der Waals surface area contributed by atoms with Crippen LogP contribution in [0.25, 0.3) is 0 Å². The second kappa shape index (κ2) is 9.40. The molecule has 0 bridgehead atoms. The molecule has 1 N–H and O–H groups in total. The molecule has 30 heavy (non-hydrogen) atoms. The zero-order valence-electron chi connectivity index (χ0n) is 16.2. The van der Waals surface area contributed by atoms with Crippen LogP contribution < -0.4 is 5.32 Å². The summed E-state index contributed by atoms with van der Waals surface area (Å²) in [5.41, 5.74) is 2.21. The predicted molar refractivity (Wildman–Crippen MR) is 115 cm³/mol. The number of halogens is 3. The lowest BCUT2D eigenvalue weighted by atomic mass is 10.2. The average Bonchev–Trinajstić information content (AvgIpc) is 2.97.